The lowest BCUT2D eigenvalue weighted by molar-refractivity contribution is 0.0230. The number of rotatable bonds is 5. The van der Waals surface area contributed by atoms with Crippen LogP contribution < -0.4 is 5.32 Å². The molecule has 1 aliphatic heterocycles. The van der Waals surface area contributed by atoms with Crippen molar-refractivity contribution in [3.05, 3.63) is 0 Å². The van der Waals surface area contributed by atoms with E-state index in [2.05, 4.69) is 19.2 Å². The quantitative estimate of drug-likeness (QED) is 0.566. The molecule has 0 bridgehead atoms. The predicted molar refractivity (Wildman–Crippen MR) is 60.9 cm³/mol. The maximum atomic E-state index is 5.63. The van der Waals surface area contributed by atoms with Crippen LogP contribution in [-0.2, 0) is 4.74 Å². The van der Waals surface area contributed by atoms with Crippen LogP contribution in [0.4, 0.5) is 0 Å². The number of ether oxygens (including phenoxy) is 1. The first-order valence-electron chi connectivity index (χ1n) is 5.51. The molecule has 1 fully saturated rings. The molecule has 1 saturated heterocycles. The monoisotopic (exact) mass is 219 g/mol. The minimum absolute atomic E-state index is 0.371. The Hall–Kier alpha value is 0.210. The van der Waals surface area contributed by atoms with E-state index in [1.807, 2.05) is 0 Å². The Bertz CT molecular complexity index is 155. The lowest BCUT2D eigenvalue weighted by atomic mass is 9.74. The molecule has 0 radical (unpaired) electrons. The molecule has 1 N–H and O–H groups in total. The largest absolute Gasteiger partial charge is 0.381 e. The SMILES string of the molecule is CC(C)(CNCCCl)C1CCOCC1. The Balaban J connectivity index is 2.29. The van der Waals surface area contributed by atoms with E-state index in [0.29, 0.717) is 11.3 Å². The van der Waals surface area contributed by atoms with E-state index in [0.717, 1.165) is 32.2 Å². The summed E-state index contributed by atoms with van der Waals surface area (Å²) in [6.45, 7) is 8.51. The van der Waals surface area contributed by atoms with Gasteiger partial charge >= 0.3 is 0 Å². The molecule has 0 saturated carbocycles. The molecule has 0 unspecified atom stereocenters. The molecule has 2 nitrogen and oxygen atoms in total. The Morgan fingerprint density at radius 3 is 2.57 bits per heavy atom. The Labute approximate surface area is 92.3 Å². The van der Waals surface area contributed by atoms with E-state index < -0.39 is 0 Å². The summed E-state index contributed by atoms with van der Waals surface area (Å²) in [4.78, 5) is 0. The minimum Gasteiger partial charge on any atom is -0.381 e. The highest BCUT2D eigenvalue weighted by molar-refractivity contribution is 6.18. The number of hydrogen-bond donors (Lipinski definition) is 1. The number of nitrogens with one attached hydrogen (secondary N) is 1. The second kappa shape index (κ2) is 5.94. The molecule has 0 aromatic carbocycles. The van der Waals surface area contributed by atoms with Gasteiger partial charge in [0.1, 0.15) is 0 Å². The summed E-state index contributed by atoms with van der Waals surface area (Å²) in [5, 5.41) is 3.40. The van der Waals surface area contributed by atoms with Crippen molar-refractivity contribution in [1.29, 1.82) is 0 Å². The predicted octanol–water partition coefficient (Wildman–Crippen LogP) is 2.27. The molecule has 0 aromatic heterocycles. The molecule has 1 aliphatic rings. The third-order valence-corrected chi connectivity index (χ3v) is 3.37. The Morgan fingerprint density at radius 2 is 2.00 bits per heavy atom. The van der Waals surface area contributed by atoms with Gasteiger partial charge in [-0.1, -0.05) is 13.8 Å². The zero-order valence-electron chi connectivity index (χ0n) is 9.31. The van der Waals surface area contributed by atoms with Crippen LogP contribution in [0.15, 0.2) is 0 Å². The fourth-order valence-electron chi connectivity index (χ4n) is 2.10. The van der Waals surface area contributed by atoms with E-state index in [4.69, 9.17) is 16.3 Å². The van der Waals surface area contributed by atoms with Crippen molar-refractivity contribution in [2.45, 2.75) is 26.7 Å². The van der Waals surface area contributed by atoms with Gasteiger partial charge < -0.3 is 10.1 Å². The van der Waals surface area contributed by atoms with Crippen molar-refractivity contribution in [3.63, 3.8) is 0 Å². The molecule has 1 rings (SSSR count). The second-order valence-corrected chi connectivity index (χ2v) is 5.12. The van der Waals surface area contributed by atoms with Crippen LogP contribution in [0, 0.1) is 11.3 Å². The third-order valence-electron chi connectivity index (χ3n) is 3.18. The van der Waals surface area contributed by atoms with Gasteiger partial charge in [0.15, 0.2) is 0 Å². The summed E-state index contributed by atoms with van der Waals surface area (Å²) >= 11 is 5.63. The van der Waals surface area contributed by atoms with Crippen molar-refractivity contribution in [1.82, 2.24) is 5.32 Å². The molecule has 3 heteroatoms. The number of hydrogen-bond acceptors (Lipinski definition) is 2. The van der Waals surface area contributed by atoms with E-state index in [-0.39, 0.29) is 0 Å². The van der Waals surface area contributed by atoms with E-state index in [9.17, 15) is 0 Å². The van der Waals surface area contributed by atoms with Gasteiger partial charge in [-0.25, -0.2) is 0 Å². The van der Waals surface area contributed by atoms with Crippen LogP contribution in [0.2, 0.25) is 0 Å². The molecule has 0 aliphatic carbocycles. The van der Waals surface area contributed by atoms with Crippen LogP contribution in [0.1, 0.15) is 26.7 Å². The fraction of sp³-hybridized carbons (Fsp3) is 1.00. The second-order valence-electron chi connectivity index (χ2n) is 4.74. The lowest BCUT2D eigenvalue weighted by Crippen LogP contribution is -2.39. The normalized spacial score (nSPS) is 19.9. The maximum Gasteiger partial charge on any atom is 0.0468 e. The smallest absolute Gasteiger partial charge is 0.0468 e. The van der Waals surface area contributed by atoms with Crippen molar-refractivity contribution < 1.29 is 4.74 Å². The van der Waals surface area contributed by atoms with E-state index in [1.165, 1.54) is 12.8 Å². The van der Waals surface area contributed by atoms with Crippen LogP contribution in [0.25, 0.3) is 0 Å². The zero-order valence-corrected chi connectivity index (χ0v) is 10.1. The van der Waals surface area contributed by atoms with Gasteiger partial charge in [-0.2, -0.15) is 0 Å². The van der Waals surface area contributed by atoms with Gasteiger partial charge in [0.2, 0.25) is 0 Å². The highest BCUT2D eigenvalue weighted by atomic mass is 35.5. The molecule has 0 amide bonds. The molecule has 0 spiro atoms. The van der Waals surface area contributed by atoms with E-state index >= 15 is 0 Å². The molecular weight excluding hydrogens is 198 g/mol. The minimum atomic E-state index is 0.371. The molecule has 14 heavy (non-hydrogen) atoms. The summed E-state index contributed by atoms with van der Waals surface area (Å²) in [6.07, 6.45) is 2.41. The summed E-state index contributed by atoms with van der Waals surface area (Å²) in [5.41, 5.74) is 0.371. The van der Waals surface area contributed by atoms with Gasteiger partial charge in [-0.15, -0.1) is 11.6 Å². The van der Waals surface area contributed by atoms with Gasteiger partial charge in [-0.05, 0) is 24.2 Å². The fourth-order valence-corrected chi connectivity index (χ4v) is 2.23. The van der Waals surface area contributed by atoms with Gasteiger partial charge in [-0.3, -0.25) is 0 Å². The maximum absolute atomic E-state index is 5.63. The van der Waals surface area contributed by atoms with E-state index in [1.54, 1.807) is 0 Å². The molecule has 0 aromatic rings. The summed E-state index contributed by atoms with van der Waals surface area (Å²) in [7, 11) is 0. The summed E-state index contributed by atoms with van der Waals surface area (Å²) in [5.74, 6) is 1.49. The average Bonchev–Trinajstić information content (AvgIpc) is 2.19. The van der Waals surface area contributed by atoms with Gasteiger partial charge in [0.25, 0.3) is 0 Å². The average molecular weight is 220 g/mol. The van der Waals surface area contributed by atoms with Crippen LogP contribution >= 0.6 is 11.6 Å². The van der Waals surface area contributed by atoms with Gasteiger partial charge in [0, 0.05) is 32.2 Å². The highest BCUT2D eigenvalue weighted by Gasteiger charge is 2.30. The Kier molecular flexibility index (Phi) is 5.21. The van der Waals surface area contributed by atoms with Crippen molar-refractivity contribution >= 4 is 11.6 Å². The standard InChI is InChI=1S/C11H22ClNO/c1-11(2,9-13-6-5-12)10-3-7-14-8-4-10/h10,13H,3-9H2,1-2H3. The number of halogens is 1. The van der Waals surface area contributed by atoms with Crippen LogP contribution in [0.3, 0.4) is 0 Å². The first-order chi connectivity index (χ1) is 6.67. The van der Waals surface area contributed by atoms with Crippen molar-refractivity contribution in [2.75, 3.05) is 32.2 Å². The van der Waals surface area contributed by atoms with Crippen LogP contribution in [0.5, 0.6) is 0 Å². The summed E-state index contributed by atoms with van der Waals surface area (Å²) in [6, 6.07) is 0. The van der Waals surface area contributed by atoms with Crippen molar-refractivity contribution in [2.24, 2.45) is 11.3 Å². The van der Waals surface area contributed by atoms with Crippen molar-refractivity contribution in [3.8, 4) is 0 Å². The third kappa shape index (κ3) is 3.76. The molecule has 0 atom stereocenters. The highest BCUT2D eigenvalue weighted by Crippen LogP contribution is 2.33. The first kappa shape index (κ1) is 12.3. The lowest BCUT2D eigenvalue weighted by Gasteiger charge is -2.37. The van der Waals surface area contributed by atoms with Crippen LogP contribution in [-0.4, -0.2) is 32.2 Å². The molecule has 84 valence electrons. The number of alkyl halides is 1. The molecule has 1 heterocycles. The molecular formula is C11H22ClNO. The zero-order chi connectivity index (χ0) is 10.4. The topological polar surface area (TPSA) is 21.3 Å². The van der Waals surface area contributed by atoms with Gasteiger partial charge in [0.05, 0.1) is 0 Å². The summed E-state index contributed by atoms with van der Waals surface area (Å²) < 4.78 is 5.38. The first-order valence-corrected chi connectivity index (χ1v) is 6.04. The Morgan fingerprint density at radius 1 is 1.36 bits per heavy atom.